The van der Waals surface area contributed by atoms with Gasteiger partial charge in [-0.15, -0.1) is 13.2 Å². The molecule has 8 nitrogen and oxygen atoms in total. The van der Waals surface area contributed by atoms with Gasteiger partial charge in [-0.05, 0) is 24.1 Å². The molecule has 0 aliphatic carbocycles. The lowest BCUT2D eigenvalue weighted by atomic mass is 10.1. The average Bonchev–Trinajstić information content (AvgIpc) is 2.62. The first-order valence-corrected chi connectivity index (χ1v) is 10.2. The SMILES string of the molecule is CS(=O)(=O)C(CCn1cc(F)c(-c2ccc(OC(F)(F)F)cc2)cc1=O)C(=O)NO. The van der Waals surface area contributed by atoms with Gasteiger partial charge in [0.25, 0.3) is 11.5 Å². The summed E-state index contributed by atoms with van der Waals surface area (Å²) >= 11 is 0. The number of aromatic nitrogens is 1. The van der Waals surface area contributed by atoms with Gasteiger partial charge in [0.1, 0.15) is 16.8 Å². The number of hydrogen-bond acceptors (Lipinski definition) is 6. The van der Waals surface area contributed by atoms with Crippen LogP contribution in [0.1, 0.15) is 6.42 Å². The Labute approximate surface area is 167 Å². The van der Waals surface area contributed by atoms with Crippen molar-refractivity contribution in [2.24, 2.45) is 0 Å². The molecule has 0 spiro atoms. The van der Waals surface area contributed by atoms with Gasteiger partial charge in [-0.1, -0.05) is 12.1 Å². The lowest BCUT2D eigenvalue weighted by Gasteiger charge is -2.14. The molecule has 0 aliphatic rings. The molecule has 1 aromatic carbocycles. The van der Waals surface area contributed by atoms with Crippen LogP contribution < -0.4 is 15.8 Å². The molecule has 1 atom stereocenters. The topological polar surface area (TPSA) is 115 Å². The normalized spacial score (nSPS) is 13.0. The molecule has 0 aliphatic heterocycles. The highest BCUT2D eigenvalue weighted by Gasteiger charge is 2.31. The van der Waals surface area contributed by atoms with Crippen molar-refractivity contribution in [2.45, 2.75) is 24.6 Å². The number of rotatable bonds is 7. The van der Waals surface area contributed by atoms with Crippen LogP contribution in [0.25, 0.3) is 11.1 Å². The summed E-state index contributed by atoms with van der Waals surface area (Å²) in [5.74, 6) is -2.61. The van der Waals surface area contributed by atoms with E-state index in [1.165, 1.54) is 5.48 Å². The van der Waals surface area contributed by atoms with Crippen molar-refractivity contribution in [3.05, 3.63) is 52.7 Å². The number of benzene rings is 1. The van der Waals surface area contributed by atoms with Gasteiger partial charge in [-0.3, -0.25) is 14.8 Å². The lowest BCUT2D eigenvalue weighted by Crippen LogP contribution is -2.39. The van der Waals surface area contributed by atoms with Gasteiger partial charge >= 0.3 is 6.36 Å². The number of nitrogens with zero attached hydrogens (tertiary/aromatic N) is 1. The van der Waals surface area contributed by atoms with Crippen LogP contribution in [-0.2, 0) is 21.2 Å². The fraction of sp³-hybridized carbons (Fsp3) is 0.294. The Morgan fingerprint density at radius 2 is 1.87 bits per heavy atom. The number of hydroxylamine groups is 1. The quantitative estimate of drug-likeness (QED) is 0.377. The number of halogens is 4. The Balaban J connectivity index is 2.25. The van der Waals surface area contributed by atoms with Crippen LogP contribution in [0.15, 0.2) is 41.3 Å². The first kappa shape index (κ1) is 23.3. The third-order valence-electron chi connectivity index (χ3n) is 4.03. The fourth-order valence-corrected chi connectivity index (χ4v) is 3.62. The molecule has 30 heavy (non-hydrogen) atoms. The van der Waals surface area contributed by atoms with Gasteiger partial charge in [-0.2, -0.15) is 0 Å². The van der Waals surface area contributed by atoms with Crippen LogP contribution in [0.5, 0.6) is 5.75 Å². The zero-order chi connectivity index (χ0) is 22.7. The largest absolute Gasteiger partial charge is 0.573 e. The molecular weight excluding hydrogens is 436 g/mol. The molecule has 2 N–H and O–H groups in total. The zero-order valence-electron chi connectivity index (χ0n) is 15.3. The summed E-state index contributed by atoms with van der Waals surface area (Å²) in [7, 11) is -3.91. The number of hydrogen-bond donors (Lipinski definition) is 2. The summed E-state index contributed by atoms with van der Waals surface area (Å²) in [4.78, 5) is 23.7. The van der Waals surface area contributed by atoms with Crippen LogP contribution in [0.4, 0.5) is 17.6 Å². The van der Waals surface area contributed by atoms with Gasteiger partial charge in [0.15, 0.2) is 9.84 Å². The Hall–Kier alpha value is -2.93. The molecule has 2 rings (SSSR count). The van der Waals surface area contributed by atoms with Crippen molar-refractivity contribution in [1.82, 2.24) is 10.0 Å². The van der Waals surface area contributed by atoms with Gasteiger partial charge in [0, 0.05) is 30.6 Å². The summed E-state index contributed by atoms with van der Waals surface area (Å²) in [6.07, 6.45) is -3.74. The highest BCUT2D eigenvalue weighted by atomic mass is 32.2. The van der Waals surface area contributed by atoms with Gasteiger partial charge < -0.3 is 9.30 Å². The summed E-state index contributed by atoms with van der Waals surface area (Å²) < 4.78 is 78.9. The minimum Gasteiger partial charge on any atom is -0.406 e. The maximum absolute atomic E-state index is 14.5. The third-order valence-corrected chi connectivity index (χ3v) is 5.51. The Kier molecular flexibility index (Phi) is 6.87. The maximum Gasteiger partial charge on any atom is 0.573 e. The molecule has 0 bridgehead atoms. The second-order valence-corrected chi connectivity index (χ2v) is 8.45. The van der Waals surface area contributed by atoms with Crippen molar-refractivity contribution < 1.29 is 40.7 Å². The molecule has 0 fully saturated rings. The molecule has 0 saturated carbocycles. The number of nitrogens with one attached hydrogen (secondary N) is 1. The molecule has 0 saturated heterocycles. The first-order chi connectivity index (χ1) is 13.8. The number of pyridine rings is 1. The molecule has 1 aromatic heterocycles. The molecule has 1 unspecified atom stereocenters. The second-order valence-electron chi connectivity index (χ2n) is 6.22. The Morgan fingerprint density at radius 1 is 1.27 bits per heavy atom. The molecule has 0 radical (unpaired) electrons. The number of aryl methyl sites for hydroxylation is 1. The van der Waals surface area contributed by atoms with E-state index >= 15 is 0 Å². The third kappa shape index (κ3) is 6.03. The number of carbonyl (C=O) groups excluding carboxylic acids is 1. The summed E-state index contributed by atoms with van der Waals surface area (Å²) in [6, 6.07) is 5.07. The Bertz CT molecular complexity index is 1080. The van der Waals surface area contributed by atoms with E-state index < -0.39 is 50.9 Å². The van der Waals surface area contributed by atoms with E-state index in [4.69, 9.17) is 5.21 Å². The number of sulfone groups is 1. The van der Waals surface area contributed by atoms with Gasteiger partial charge in [0.2, 0.25) is 0 Å². The van der Waals surface area contributed by atoms with Gasteiger partial charge in [-0.25, -0.2) is 18.3 Å². The van der Waals surface area contributed by atoms with Crippen LogP contribution in [-0.4, -0.2) is 42.0 Å². The highest BCUT2D eigenvalue weighted by molar-refractivity contribution is 7.92. The van der Waals surface area contributed by atoms with Crippen LogP contribution in [0.2, 0.25) is 0 Å². The first-order valence-electron chi connectivity index (χ1n) is 8.21. The van der Waals surface area contributed by atoms with Crippen LogP contribution >= 0.6 is 0 Å². The van der Waals surface area contributed by atoms with Crippen LogP contribution in [0.3, 0.4) is 0 Å². The van der Waals surface area contributed by atoms with E-state index in [2.05, 4.69) is 4.74 Å². The van der Waals surface area contributed by atoms with Crippen molar-refractivity contribution >= 4 is 15.7 Å². The minimum absolute atomic E-state index is 0.111. The maximum atomic E-state index is 14.5. The van der Waals surface area contributed by atoms with Crippen LogP contribution in [0, 0.1) is 5.82 Å². The number of ether oxygens (including phenoxy) is 1. The predicted octanol–water partition coefficient (Wildman–Crippen LogP) is 1.86. The highest BCUT2D eigenvalue weighted by Crippen LogP contribution is 2.27. The number of alkyl halides is 3. The molecule has 164 valence electrons. The van der Waals surface area contributed by atoms with E-state index in [-0.39, 0.29) is 17.7 Å². The lowest BCUT2D eigenvalue weighted by molar-refractivity contribution is -0.274. The standard InChI is InChI=1S/C17H16F4N2O6S/c1-30(27,28)14(16(25)22-26)6-7-23-9-13(18)12(8-15(23)24)10-2-4-11(5-3-10)29-17(19,20)21/h2-5,8-9,14,26H,6-7H2,1H3,(H,22,25). The van der Waals surface area contributed by atoms with E-state index in [0.29, 0.717) is 0 Å². The van der Waals surface area contributed by atoms with Crippen molar-refractivity contribution in [3.8, 4) is 16.9 Å². The zero-order valence-corrected chi connectivity index (χ0v) is 16.1. The van der Waals surface area contributed by atoms with Crippen molar-refractivity contribution in [2.75, 3.05) is 6.26 Å². The van der Waals surface area contributed by atoms with Crippen molar-refractivity contribution in [1.29, 1.82) is 0 Å². The number of carbonyl (C=O) groups is 1. The minimum atomic E-state index is -4.88. The predicted molar refractivity (Wildman–Crippen MR) is 96.0 cm³/mol. The molecule has 2 aromatic rings. The fourth-order valence-electron chi connectivity index (χ4n) is 2.65. The summed E-state index contributed by atoms with van der Waals surface area (Å²) in [5.41, 5.74) is 0.405. The second kappa shape index (κ2) is 8.83. The molecule has 13 heteroatoms. The van der Waals surface area contributed by atoms with E-state index in [1.54, 1.807) is 0 Å². The van der Waals surface area contributed by atoms with E-state index in [1.807, 2.05) is 0 Å². The average molecular weight is 452 g/mol. The molecule has 1 heterocycles. The molecular formula is C17H16F4N2O6S. The summed E-state index contributed by atoms with van der Waals surface area (Å²) in [6.45, 7) is -0.348. The smallest absolute Gasteiger partial charge is 0.406 e. The monoisotopic (exact) mass is 452 g/mol. The number of amides is 1. The summed E-state index contributed by atoms with van der Waals surface area (Å²) in [5, 5.41) is 6.99. The van der Waals surface area contributed by atoms with Gasteiger partial charge in [0.05, 0.1) is 0 Å². The van der Waals surface area contributed by atoms with Crippen molar-refractivity contribution in [3.63, 3.8) is 0 Å². The molecule has 1 amide bonds. The van der Waals surface area contributed by atoms with E-state index in [0.717, 1.165) is 47.4 Å². The Morgan fingerprint density at radius 3 is 2.37 bits per heavy atom. The van der Waals surface area contributed by atoms with E-state index in [9.17, 15) is 35.6 Å².